The minimum Gasteiger partial charge on any atom is -0.300 e. The Kier molecular flexibility index (Phi) is 4.70. The highest BCUT2D eigenvalue weighted by Crippen LogP contribution is 1.86. The molecule has 0 aliphatic carbocycles. The van der Waals surface area contributed by atoms with Gasteiger partial charge < -0.3 is 5.32 Å². The molecule has 0 heterocycles. The molecule has 1 heteroatoms. The largest absolute Gasteiger partial charge is 0.300 e. The van der Waals surface area contributed by atoms with Crippen molar-refractivity contribution in [1.29, 1.82) is 0 Å². The van der Waals surface area contributed by atoms with Gasteiger partial charge >= 0.3 is 0 Å². The molecule has 0 aromatic heterocycles. The average Bonchev–Trinajstić information content (AvgIpc) is 1.87. The third kappa shape index (κ3) is 5.40. The fraction of sp³-hybridized carbons (Fsp3) is 0.556. The third-order valence-electron chi connectivity index (χ3n) is 1.18. The molecule has 1 atom stereocenters. The molecule has 0 aliphatic rings. The van der Waals surface area contributed by atoms with Gasteiger partial charge in [0.25, 0.3) is 0 Å². The first kappa shape index (κ1) is 9.26. The van der Waals surface area contributed by atoms with Crippen LogP contribution in [0.25, 0.3) is 0 Å². The molecule has 56 valence electrons. The first-order chi connectivity index (χ1) is 4.66. The maximum absolute atomic E-state index is 5.16. The monoisotopic (exact) mass is 137 g/mol. The topological polar surface area (TPSA) is 12.0 Å². The van der Waals surface area contributed by atoms with Crippen molar-refractivity contribution in [2.45, 2.75) is 26.8 Å². The summed E-state index contributed by atoms with van der Waals surface area (Å²) in [5.41, 5.74) is 1.32. The van der Waals surface area contributed by atoms with Crippen molar-refractivity contribution >= 4 is 0 Å². The van der Waals surface area contributed by atoms with E-state index in [4.69, 9.17) is 6.42 Å². The second kappa shape index (κ2) is 5.08. The molecule has 1 unspecified atom stereocenters. The van der Waals surface area contributed by atoms with Gasteiger partial charge in [-0.25, -0.2) is 0 Å². The summed E-state index contributed by atoms with van der Waals surface area (Å²) in [5.74, 6) is 2.60. The summed E-state index contributed by atoms with van der Waals surface area (Å²) in [6, 6.07) is 0.176. The molecule has 0 radical (unpaired) electrons. The quantitative estimate of drug-likeness (QED) is 0.460. The van der Waals surface area contributed by atoms with Gasteiger partial charge in [0.05, 0.1) is 6.04 Å². The first-order valence-corrected chi connectivity index (χ1v) is 3.49. The van der Waals surface area contributed by atoms with E-state index in [1.54, 1.807) is 0 Å². The Morgan fingerprint density at radius 3 is 2.70 bits per heavy atom. The lowest BCUT2D eigenvalue weighted by Crippen LogP contribution is -2.24. The predicted molar refractivity (Wildman–Crippen MR) is 45.7 cm³/mol. The summed E-state index contributed by atoms with van der Waals surface area (Å²) < 4.78 is 0. The number of hydrogen-bond donors (Lipinski definition) is 1. The predicted octanol–water partition coefficient (Wildman–Crippen LogP) is 1.56. The second-order valence-electron chi connectivity index (χ2n) is 2.58. The Bertz CT molecular complexity index is 147. The molecule has 0 saturated carbocycles. The Morgan fingerprint density at radius 1 is 1.70 bits per heavy atom. The van der Waals surface area contributed by atoms with Crippen molar-refractivity contribution < 1.29 is 0 Å². The molecular formula is C9H15N. The lowest BCUT2D eigenvalue weighted by molar-refractivity contribution is 0.701. The minimum absolute atomic E-state index is 0.176. The molecule has 0 aliphatic heterocycles. The van der Waals surface area contributed by atoms with Crippen LogP contribution in [0, 0.1) is 12.3 Å². The number of rotatable bonds is 3. The Morgan fingerprint density at radius 2 is 2.30 bits per heavy atom. The fourth-order valence-electron chi connectivity index (χ4n) is 0.499. The molecule has 10 heavy (non-hydrogen) atoms. The lowest BCUT2D eigenvalue weighted by atomic mass is 10.3. The third-order valence-corrected chi connectivity index (χ3v) is 1.18. The molecule has 0 rings (SSSR count). The Labute approximate surface area is 63.5 Å². The highest BCUT2D eigenvalue weighted by atomic mass is 14.9. The van der Waals surface area contributed by atoms with Crippen molar-refractivity contribution in [2.24, 2.45) is 0 Å². The number of hydrogen-bond acceptors (Lipinski definition) is 1. The van der Waals surface area contributed by atoms with Crippen LogP contribution in [0.4, 0.5) is 0 Å². The molecule has 0 amide bonds. The van der Waals surface area contributed by atoms with Crippen molar-refractivity contribution in [3.05, 3.63) is 11.6 Å². The van der Waals surface area contributed by atoms with E-state index in [0.717, 1.165) is 6.54 Å². The molecule has 1 nitrogen and oxygen atoms in total. The molecule has 0 saturated heterocycles. The van der Waals surface area contributed by atoms with Crippen LogP contribution in [0.3, 0.4) is 0 Å². The Hall–Kier alpha value is -0.740. The van der Waals surface area contributed by atoms with Crippen LogP contribution in [-0.4, -0.2) is 12.6 Å². The van der Waals surface area contributed by atoms with Crippen LogP contribution >= 0.6 is 0 Å². The SMILES string of the molecule is C#CC(C)NCC=C(C)C. The number of terminal acetylenes is 1. The van der Waals surface area contributed by atoms with Gasteiger partial charge in [-0.1, -0.05) is 17.6 Å². The first-order valence-electron chi connectivity index (χ1n) is 3.49. The number of allylic oxidation sites excluding steroid dienone is 1. The molecule has 1 N–H and O–H groups in total. The summed E-state index contributed by atoms with van der Waals surface area (Å²) >= 11 is 0. The molecule has 0 aromatic rings. The van der Waals surface area contributed by atoms with E-state index in [1.165, 1.54) is 5.57 Å². The van der Waals surface area contributed by atoms with Crippen LogP contribution in [0.1, 0.15) is 20.8 Å². The van der Waals surface area contributed by atoms with Crippen molar-refractivity contribution in [3.8, 4) is 12.3 Å². The van der Waals surface area contributed by atoms with Crippen LogP contribution in [0.15, 0.2) is 11.6 Å². The van der Waals surface area contributed by atoms with Crippen LogP contribution < -0.4 is 5.32 Å². The maximum Gasteiger partial charge on any atom is 0.0660 e. The lowest BCUT2D eigenvalue weighted by Gasteiger charge is -2.03. The summed E-state index contributed by atoms with van der Waals surface area (Å²) in [6.45, 7) is 6.98. The van der Waals surface area contributed by atoms with Gasteiger partial charge in [0, 0.05) is 6.54 Å². The van der Waals surface area contributed by atoms with Crippen molar-refractivity contribution in [3.63, 3.8) is 0 Å². The van der Waals surface area contributed by atoms with Gasteiger partial charge in [-0.05, 0) is 20.8 Å². The summed E-state index contributed by atoms with van der Waals surface area (Å²) in [5, 5.41) is 3.15. The van der Waals surface area contributed by atoms with Crippen LogP contribution in [-0.2, 0) is 0 Å². The number of nitrogens with one attached hydrogen (secondary N) is 1. The summed E-state index contributed by atoms with van der Waals surface area (Å²) in [4.78, 5) is 0. The highest BCUT2D eigenvalue weighted by molar-refractivity contribution is 4.99. The second-order valence-corrected chi connectivity index (χ2v) is 2.58. The fourth-order valence-corrected chi connectivity index (χ4v) is 0.499. The smallest absolute Gasteiger partial charge is 0.0660 e. The van der Waals surface area contributed by atoms with E-state index in [1.807, 2.05) is 6.92 Å². The van der Waals surface area contributed by atoms with Gasteiger partial charge in [-0.3, -0.25) is 0 Å². The van der Waals surface area contributed by atoms with E-state index in [2.05, 4.69) is 31.2 Å². The Balaban J connectivity index is 3.39. The minimum atomic E-state index is 0.176. The standard InChI is InChI=1S/C9H15N/c1-5-9(4)10-7-6-8(2)3/h1,6,9-10H,7H2,2-4H3. The average molecular weight is 137 g/mol. The molecule has 0 spiro atoms. The van der Waals surface area contributed by atoms with Gasteiger partial charge in [0.15, 0.2) is 0 Å². The van der Waals surface area contributed by atoms with Gasteiger partial charge in [-0.2, -0.15) is 0 Å². The highest BCUT2D eigenvalue weighted by Gasteiger charge is 1.89. The molecule has 0 aromatic carbocycles. The van der Waals surface area contributed by atoms with E-state index in [9.17, 15) is 0 Å². The van der Waals surface area contributed by atoms with E-state index >= 15 is 0 Å². The maximum atomic E-state index is 5.16. The summed E-state index contributed by atoms with van der Waals surface area (Å²) in [6.07, 6.45) is 7.27. The van der Waals surface area contributed by atoms with Crippen LogP contribution in [0.2, 0.25) is 0 Å². The molecule has 0 bridgehead atoms. The summed E-state index contributed by atoms with van der Waals surface area (Å²) in [7, 11) is 0. The van der Waals surface area contributed by atoms with Crippen molar-refractivity contribution in [2.75, 3.05) is 6.54 Å². The van der Waals surface area contributed by atoms with Gasteiger partial charge in [-0.15, -0.1) is 6.42 Å². The molecule has 0 fully saturated rings. The van der Waals surface area contributed by atoms with Crippen LogP contribution in [0.5, 0.6) is 0 Å². The van der Waals surface area contributed by atoms with Crippen molar-refractivity contribution in [1.82, 2.24) is 5.32 Å². The zero-order chi connectivity index (χ0) is 7.98. The normalized spacial score (nSPS) is 11.8. The van der Waals surface area contributed by atoms with E-state index in [0.29, 0.717) is 0 Å². The zero-order valence-corrected chi connectivity index (χ0v) is 6.94. The zero-order valence-electron chi connectivity index (χ0n) is 6.94. The molecular weight excluding hydrogens is 122 g/mol. The van der Waals surface area contributed by atoms with Gasteiger partial charge in [0.1, 0.15) is 0 Å². The van der Waals surface area contributed by atoms with Gasteiger partial charge in [0.2, 0.25) is 0 Å². The van der Waals surface area contributed by atoms with E-state index < -0.39 is 0 Å². The van der Waals surface area contributed by atoms with E-state index in [-0.39, 0.29) is 6.04 Å².